The van der Waals surface area contributed by atoms with Gasteiger partial charge in [0.15, 0.2) is 0 Å². The van der Waals surface area contributed by atoms with Crippen molar-refractivity contribution in [2.75, 3.05) is 5.32 Å². The first-order valence-electron chi connectivity index (χ1n) is 6.10. The first-order chi connectivity index (χ1) is 10.2. The molecule has 0 bridgehead atoms. The molecule has 6 nitrogen and oxygen atoms in total. The molecule has 21 heavy (non-hydrogen) atoms. The second kappa shape index (κ2) is 5.72. The highest BCUT2D eigenvalue weighted by Crippen LogP contribution is 2.16. The Morgan fingerprint density at radius 2 is 1.95 bits per heavy atom. The molecule has 2 aromatic heterocycles. The number of anilines is 1. The first kappa shape index (κ1) is 13.3. The van der Waals surface area contributed by atoms with E-state index in [1.54, 1.807) is 29.4 Å². The summed E-state index contributed by atoms with van der Waals surface area (Å²) in [7, 11) is 0. The molecule has 0 aliphatic heterocycles. The summed E-state index contributed by atoms with van der Waals surface area (Å²) in [4.78, 5) is 16.0. The molecule has 1 aromatic carbocycles. The van der Waals surface area contributed by atoms with E-state index in [2.05, 4.69) is 20.5 Å². The number of hydrogen-bond donors (Lipinski definition) is 1. The van der Waals surface area contributed by atoms with Crippen molar-refractivity contribution in [2.24, 2.45) is 0 Å². The van der Waals surface area contributed by atoms with E-state index in [0.717, 1.165) is 5.69 Å². The van der Waals surface area contributed by atoms with E-state index in [0.29, 0.717) is 11.3 Å². The lowest BCUT2D eigenvalue weighted by molar-refractivity contribution is 0.102. The highest BCUT2D eigenvalue weighted by Gasteiger charge is 2.07. The van der Waals surface area contributed by atoms with Crippen LogP contribution in [-0.4, -0.2) is 25.7 Å². The summed E-state index contributed by atoms with van der Waals surface area (Å²) >= 11 is 5.78. The van der Waals surface area contributed by atoms with E-state index in [1.165, 1.54) is 12.3 Å². The van der Waals surface area contributed by atoms with Gasteiger partial charge in [-0.2, -0.15) is 0 Å². The number of benzene rings is 1. The van der Waals surface area contributed by atoms with E-state index in [4.69, 9.17) is 11.6 Å². The number of carbonyl (C=O) groups is 1. The third kappa shape index (κ3) is 3.06. The number of rotatable bonds is 3. The van der Waals surface area contributed by atoms with Crippen LogP contribution in [0.5, 0.6) is 0 Å². The van der Waals surface area contributed by atoms with Crippen molar-refractivity contribution < 1.29 is 4.79 Å². The lowest BCUT2D eigenvalue weighted by Crippen LogP contribution is -2.12. The zero-order valence-corrected chi connectivity index (χ0v) is 11.5. The van der Waals surface area contributed by atoms with Gasteiger partial charge in [-0.15, -0.1) is 10.2 Å². The monoisotopic (exact) mass is 299 g/mol. The smallest absolute Gasteiger partial charge is 0.255 e. The Morgan fingerprint density at radius 1 is 1.14 bits per heavy atom. The van der Waals surface area contributed by atoms with Gasteiger partial charge < -0.3 is 5.32 Å². The van der Waals surface area contributed by atoms with Crippen molar-refractivity contribution in [1.29, 1.82) is 0 Å². The molecule has 0 radical (unpaired) electrons. The minimum atomic E-state index is -0.250. The predicted molar refractivity (Wildman–Crippen MR) is 78.6 cm³/mol. The molecule has 104 valence electrons. The van der Waals surface area contributed by atoms with Crippen molar-refractivity contribution in [2.45, 2.75) is 0 Å². The van der Waals surface area contributed by atoms with E-state index in [-0.39, 0.29) is 11.1 Å². The van der Waals surface area contributed by atoms with Gasteiger partial charge in [0, 0.05) is 17.4 Å². The Bertz CT molecular complexity index is 773. The molecule has 0 fully saturated rings. The lowest BCUT2D eigenvalue weighted by atomic mass is 10.2. The van der Waals surface area contributed by atoms with Gasteiger partial charge in [-0.25, -0.2) is 4.98 Å². The Balaban J connectivity index is 1.82. The molecular formula is C14H10ClN5O. The fourth-order valence-electron chi connectivity index (χ4n) is 1.83. The third-order valence-electron chi connectivity index (χ3n) is 2.81. The van der Waals surface area contributed by atoms with Crippen LogP contribution in [-0.2, 0) is 0 Å². The van der Waals surface area contributed by atoms with Crippen molar-refractivity contribution in [3.05, 3.63) is 66.0 Å². The number of aromatic nitrogens is 4. The number of pyridine rings is 1. The molecule has 1 N–H and O–H groups in total. The number of amides is 1. The first-order valence-corrected chi connectivity index (χ1v) is 6.48. The zero-order valence-electron chi connectivity index (χ0n) is 10.8. The van der Waals surface area contributed by atoms with Gasteiger partial charge >= 0.3 is 0 Å². The summed E-state index contributed by atoms with van der Waals surface area (Å²) in [5.74, 6) is -0.250. The Morgan fingerprint density at radius 3 is 2.71 bits per heavy atom. The fraction of sp³-hybridized carbons (Fsp3) is 0. The topological polar surface area (TPSA) is 72.7 Å². The summed E-state index contributed by atoms with van der Waals surface area (Å²) in [6.07, 6.45) is 4.66. The Labute approximate surface area is 125 Å². The van der Waals surface area contributed by atoms with Crippen LogP contribution in [0.3, 0.4) is 0 Å². The van der Waals surface area contributed by atoms with Crippen molar-refractivity contribution in [3.8, 4) is 5.69 Å². The van der Waals surface area contributed by atoms with Crippen LogP contribution in [0.4, 0.5) is 5.69 Å². The predicted octanol–water partition coefficient (Wildman–Crippen LogP) is 2.57. The average molecular weight is 300 g/mol. The van der Waals surface area contributed by atoms with Crippen LogP contribution in [0, 0.1) is 0 Å². The maximum absolute atomic E-state index is 12.1. The summed E-state index contributed by atoms with van der Waals surface area (Å²) in [5.41, 5.74) is 1.97. The number of halogens is 1. The summed E-state index contributed by atoms with van der Waals surface area (Å²) in [6, 6.07) is 10.5. The molecule has 0 aliphatic carbocycles. The molecule has 1 amide bonds. The molecule has 0 spiro atoms. The van der Waals surface area contributed by atoms with Gasteiger partial charge in [0.1, 0.15) is 17.8 Å². The van der Waals surface area contributed by atoms with Gasteiger partial charge in [-0.3, -0.25) is 9.36 Å². The molecule has 0 atom stereocenters. The van der Waals surface area contributed by atoms with Gasteiger partial charge in [0.25, 0.3) is 5.91 Å². The quantitative estimate of drug-likeness (QED) is 0.754. The van der Waals surface area contributed by atoms with Crippen LogP contribution >= 0.6 is 11.6 Å². The summed E-state index contributed by atoms with van der Waals surface area (Å²) in [5, 5.41) is 10.6. The molecule has 0 aliphatic rings. The molecule has 0 saturated heterocycles. The average Bonchev–Trinajstić information content (AvgIpc) is 3.02. The molecule has 2 heterocycles. The molecule has 0 unspecified atom stereocenters. The molecule has 3 aromatic rings. The van der Waals surface area contributed by atoms with Gasteiger partial charge in [-0.05, 0) is 30.3 Å². The van der Waals surface area contributed by atoms with E-state index in [1.807, 2.05) is 18.2 Å². The van der Waals surface area contributed by atoms with Crippen LogP contribution in [0.25, 0.3) is 5.69 Å². The number of nitrogens with one attached hydrogen (secondary N) is 1. The molecular weight excluding hydrogens is 290 g/mol. The minimum Gasteiger partial charge on any atom is -0.322 e. The second-order valence-corrected chi connectivity index (χ2v) is 4.63. The van der Waals surface area contributed by atoms with Crippen molar-refractivity contribution in [1.82, 2.24) is 19.7 Å². The number of nitrogens with zero attached hydrogens (tertiary/aromatic N) is 4. The summed E-state index contributed by atoms with van der Waals surface area (Å²) in [6.45, 7) is 0. The highest BCUT2D eigenvalue weighted by atomic mass is 35.5. The number of carbonyl (C=O) groups excluding carboxylic acids is 1. The summed E-state index contributed by atoms with van der Waals surface area (Å²) < 4.78 is 1.75. The normalized spacial score (nSPS) is 10.3. The Hall–Kier alpha value is -2.73. The lowest BCUT2D eigenvalue weighted by Gasteiger charge is -2.07. The van der Waals surface area contributed by atoms with Crippen molar-refractivity contribution in [3.63, 3.8) is 0 Å². The van der Waals surface area contributed by atoms with Gasteiger partial charge in [0.2, 0.25) is 0 Å². The maximum Gasteiger partial charge on any atom is 0.255 e. The largest absolute Gasteiger partial charge is 0.322 e. The van der Waals surface area contributed by atoms with Crippen LogP contribution in [0.1, 0.15) is 10.4 Å². The van der Waals surface area contributed by atoms with Crippen LogP contribution in [0.15, 0.2) is 55.2 Å². The van der Waals surface area contributed by atoms with Gasteiger partial charge in [-0.1, -0.05) is 17.7 Å². The minimum absolute atomic E-state index is 0.250. The molecule has 0 saturated carbocycles. The second-order valence-electron chi connectivity index (χ2n) is 4.24. The fourth-order valence-corrected chi connectivity index (χ4v) is 2.00. The zero-order chi connectivity index (χ0) is 14.7. The van der Waals surface area contributed by atoms with E-state index < -0.39 is 0 Å². The molecule has 3 rings (SSSR count). The Kier molecular flexibility index (Phi) is 3.61. The van der Waals surface area contributed by atoms with E-state index in [9.17, 15) is 4.79 Å². The SMILES string of the molecule is O=C(Nc1cccc(-n2cnnc2)c1)c1ccnc(Cl)c1. The molecule has 7 heteroatoms. The third-order valence-corrected chi connectivity index (χ3v) is 3.02. The standard InChI is InChI=1S/C14H10ClN5O/c15-13-6-10(4-5-16-13)14(21)19-11-2-1-3-12(7-11)20-8-17-18-9-20/h1-9H,(H,19,21). The number of hydrogen-bond acceptors (Lipinski definition) is 4. The highest BCUT2D eigenvalue weighted by molar-refractivity contribution is 6.29. The van der Waals surface area contributed by atoms with Crippen LogP contribution in [0.2, 0.25) is 5.15 Å². The van der Waals surface area contributed by atoms with Crippen molar-refractivity contribution >= 4 is 23.2 Å². The van der Waals surface area contributed by atoms with Gasteiger partial charge in [0.05, 0.1) is 5.69 Å². The maximum atomic E-state index is 12.1. The van der Waals surface area contributed by atoms with E-state index >= 15 is 0 Å². The van der Waals surface area contributed by atoms with Crippen LogP contribution < -0.4 is 5.32 Å².